The number of para-hydroxylation sites is 1. The van der Waals surface area contributed by atoms with E-state index in [1.165, 1.54) is 4.79 Å². The molecule has 0 fully saturated rings. The van der Waals surface area contributed by atoms with Gasteiger partial charge in [-0.25, -0.2) is 0 Å². The van der Waals surface area contributed by atoms with Gasteiger partial charge in [0.2, 0.25) is 0 Å². The molecule has 1 heterocycles. The fraction of sp³-hybridized carbons (Fsp3) is 0.364. The van der Waals surface area contributed by atoms with E-state index in [1.54, 1.807) is 0 Å². The van der Waals surface area contributed by atoms with Crippen LogP contribution in [0, 0.1) is 0 Å². The standard InChI is InChI=1S/C11H16N6O/c1-8(2)18-10-6-4-3-5-9(10)7-13-17-11(12)14-15-16-17/h3-6,8,13H,7H2,1-2H3,(H2,12,14,16). The van der Waals surface area contributed by atoms with Crippen molar-refractivity contribution in [2.24, 2.45) is 0 Å². The van der Waals surface area contributed by atoms with Gasteiger partial charge < -0.3 is 15.9 Å². The van der Waals surface area contributed by atoms with Crippen LogP contribution < -0.4 is 15.9 Å². The van der Waals surface area contributed by atoms with Gasteiger partial charge in [-0.15, -0.1) is 4.79 Å². The summed E-state index contributed by atoms with van der Waals surface area (Å²) in [5.41, 5.74) is 9.57. The molecule has 0 amide bonds. The smallest absolute Gasteiger partial charge is 0.260 e. The van der Waals surface area contributed by atoms with Gasteiger partial charge in [0, 0.05) is 5.56 Å². The lowest BCUT2D eigenvalue weighted by atomic mass is 10.2. The van der Waals surface area contributed by atoms with Crippen molar-refractivity contribution in [3.8, 4) is 5.75 Å². The van der Waals surface area contributed by atoms with Gasteiger partial charge >= 0.3 is 0 Å². The van der Waals surface area contributed by atoms with Gasteiger partial charge in [-0.1, -0.05) is 23.3 Å². The van der Waals surface area contributed by atoms with E-state index in [-0.39, 0.29) is 12.1 Å². The molecule has 0 aliphatic rings. The monoisotopic (exact) mass is 248 g/mol. The molecule has 1 aromatic carbocycles. The molecule has 0 unspecified atom stereocenters. The Morgan fingerprint density at radius 1 is 1.39 bits per heavy atom. The molecule has 0 saturated heterocycles. The molecule has 0 radical (unpaired) electrons. The number of hydrogen-bond acceptors (Lipinski definition) is 6. The minimum absolute atomic E-state index is 0.129. The van der Waals surface area contributed by atoms with E-state index in [0.29, 0.717) is 6.54 Å². The van der Waals surface area contributed by atoms with Gasteiger partial charge in [0.05, 0.1) is 12.6 Å². The van der Waals surface area contributed by atoms with Crippen molar-refractivity contribution in [1.29, 1.82) is 0 Å². The van der Waals surface area contributed by atoms with Gasteiger partial charge in [0.15, 0.2) is 0 Å². The summed E-state index contributed by atoms with van der Waals surface area (Å²) in [6.45, 7) is 4.51. The van der Waals surface area contributed by atoms with Crippen LogP contribution in [0.4, 0.5) is 5.95 Å². The van der Waals surface area contributed by atoms with Gasteiger partial charge in [-0.3, -0.25) is 0 Å². The quantitative estimate of drug-likeness (QED) is 0.812. The molecular weight excluding hydrogens is 232 g/mol. The lowest BCUT2D eigenvalue weighted by Gasteiger charge is -2.14. The van der Waals surface area contributed by atoms with E-state index in [1.807, 2.05) is 38.1 Å². The maximum atomic E-state index is 5.71. The van der Waals surface area contributed by atoms with E-state index in [4.69, 9.17) is 10.5 Å². The molecule has 7 nitrogen and oxygen atoms in total. The number of nitrogens with one attached hydrogen (secondary N) is 1. The largest absolute Gasteiger partial charge is 0.491 e. The third-order valence-corrected chi connectivity index (χ3v) is 2.25. The molecule has 18 heavy (non-hydrogen) atoms. The summed E-state index contributed by atoms with van der Waals surface area (Å²) in [5.74, 6) is 1.06. The van der Waals surface area contributed by atoms with Crippen LogP contribution in [-0.2, 0) is 6.54 Å². The van der Waals surface area contributed by atoms with E-state index in [2.05, 4.69) is 21.0 Å². The SMILES string of the molecule is CC(C)Oc1ccccc1CNn1nnnc1N. The Bertz CT molecular complexity index is 510. The first-order valence-corrected chi connectivity index (χ1v) is 5.69. The minimum Gasteiger partial charge on any atom is -0.491 e. The van der Waals surface area contributed by atoms with Crippen LogP contribution in [0.1, 0.15) is 19.4 Å². The van der Waals surface area contributed by atoms with E-state index in [0.717, 1.165) is 11.3 Å². The number of nitrogens with zero attached hydrogens (tertiary/aromatic N) is 4. The van der Waals surface area contributed by atoms with Crippen LogP contribution >= 0.6 is 0 Å². The molecule has 0 aliphatic carbocycles. The zero-order valence-electron chi connectivity index (χ0n) is 10.4. The van der Waals surface area contributed by atoms with E-state index >= 15 is 0 Å². The van der Waals surface area contributed by atoms with Crippen LogP contribution in [0.2, 0.25) is 0 Å². The lowest BCUT2D eigenvalue weighted by molar-refractivity contribution is 0.240. The summed E-state index contributed by atoms with van der Waals surface area (Å²) in [4.78, 5) is 1.33. The van der Waals surface area contributed by atoms with Crippen molar-refractivity contribution in [2.45, 2.75) is 26.5 Å². The van der Waals surface area contributed by atoms with Crippen LogP contribution in [0.15, 0.2) is 24.3 Å². The van der Waals surface area contributed by atoms with Gasteiger partial charge in [-0.2, -0.15) is 0 Å². The number of nitrogens with two attached hydrogens (primary N) is 1. The molecule has 0 atom stereocenters. The highest BCUT2D eigenvalue weighted by atomic mass is 16.5. The van der Waals surface area contributed by atoms with E-state index in [9.17, 15) is 0 Å². The number of ether oxygens (including phenoxy) is 1. The summed E-state index contributed by atoms with van der Waals surface area (Å²) in [6, 6.07) is 7.80. The zero-order valence-corrected chi connectivity index (χ0v) is 10.4. The summed E-state index contributed by atoms with van der Waals surface area (Å²) < 4.78 is 5.71. The molecule has 1 aromatic heterocycles. The third kappa shape index (κ3) is 2.88. The summed E-state index contributed by atoms with van der Waals surface area (Å²) in [7, 11) is 0. The summed E-state index contributed by atoms with van der Waals surface area (Å²) in [6.07, 6.45) is 0.129. The number of hydrogen-bond donors (Lipinski definition) is 2. The van der Waals surface area contributed by atoms with Gasteiger partial charge in [0.25, 0.3) is 5.95 Å². The number of nitrogen functional groups attached to an aromatic ring is 1. The molecule has 0 spiro atoms. The van der Waals surface area contributed by atoms with Crippen molar-refractivity contribution >= 4 is 5.95 Å². The topological polar surface area (TPSA) is 90.9 Å². The molecule has 7 heteroatoms. The highest BCUT2D eigenvalue weighted by Gasteiger charge is 2.06. The first-order chi connectivity index (χ1) is 8.66. The normalized spacial score (nSPS) is 10.6. The van der Waals surface area contributed by atoms with Crippen molar-refractivity contribution < 1.29 is 4.74 Å². The first kappa shape index (κ1) is 12.2. The predicted molar refractivity (Wildman–Crippen MR) is 67.5 cm³/mol. The van der Waals surface area contributed by atoms with Crippen molar-refractivity contribution in [1.82, 2.24) is 20.3 Å². The van der Waals surface area contributed by atoms with Crippen molar-refractivity contribution in [2.75, 3.05) is 11.2 Å². The maximum absolute atomic E-state index is 5.71. The Morgan fingerprint density at radius 2 is 2.17 bits per heavy atom. The Hall–Kier alpha value is -2.31. The minimum atomic E-state index is 0.129. The second-order valence-corrected chi connectivity index (χ2v) is 4.06. The maximum Gasteiger partial charge on any atom is 0.260 e. The first-order valence-electron chi connectivity index (χ1n) is 5.69. The van der Waals surface area contributed by atoms with Crippen LogP contribution in [0.25, 0.3) is 0 Å². The van der Waals surface area contributed by atoms with Crippen LogP contribution in [0.3, 0.4) is 0 Å². The van der Waals surface area contributed by atoms with Crippen molar-refractivity contribution in [3.05, 3.63) is 29.8 Å². The second kappa shape index (κ2) is 5.35. The van der Waals surface area contributed by atoms with E-state index < -0.39 is 0 Å². The molecule has 0 aliphatic heterocycles. The molecule has 0 bridgehead atoms. The molecule has 3 N–H and O–H groups in total. The average Bonchev–Trinajstić information content (AvgIpc) is 2.73. The Kier molecular flexibility index (Phi) is 3.61. The predicted octanol–water partition coefficient (Wildman–Crippen LogP) is 0.786. The fourth-order valence-electron chi connectivity index (χ4n) is 1.49. The lowest BCUT2D eigenvalue weighted by Crippen LogP contribution is -2.19. The Balaban J connectivity index is 2.07. The highest BCUT2D eigenvalue weighted by molar-refractivity contribution is 5.34. The molecule has 96 valence electrons. The number of rotatable bonds is 5. The zero-order chi connectivity index (χ0) is 13.0. The number of aromatic nitrogens is 4. The summed E-state index contributed by atoms with van der Waals surface area (Å²) >= 11 is 0. The van der Waals surface area contributed by atoms with Crippen LogP contribution in [0.5, 0.6) is 5.75 Å². The highest BCUT2D eigenvalue weighted by Crippen LogP contribution is 2.19. The summed E-state index contributed by atoms with van der Waals surface area (Å²) in [5, 5.41) is 10.7. The van der Waals surface area contributed by atoms with Crippen molar-refractivity contribution in [3.63, 3.8) is 0 Å². The second-order valence-electron chi connectivity index (χ2n) is 4.06. The Labute approximate surface area is 105 Å². The van der Waals surface area contributed by atoms with Gasteiger partial charge in [0.1, 0.15) is 5.75 Å². The molecule has 0 saturated carbocycles. The van der Waals surface area contributed by atoms with Gasteiger partial charge in [-0.05, 0) is 30.3 Å². The molecule has 2 rings (SSSR count). The molecular formula is C11H16N6O. The number of benzene rings is 1. The molecule has 2 aromatic rings. The Morgan fingerprint density at radius 3 is 2.83 bits per heavy atom. The third-order valence-electron chi connectivity index (χ3n) is 2.25. The fourth-order valence-corrected chi connectivity index (χ4v) is 1.49. The number of tetrazole rings is 1. The average molecular weight is 248 g/mol. The number of anilines is 1. The van der Waals surface area contributed by atoms with Crippen LogP contribution in [-0.4, -0.2) is 26.4 Å².